The highest BCUT2D eigenvalue weighted by Gasteiger charge is 2.57. The van der Waals surface area contributed by atoms with Crippen molar-refractivity contribution in [3.05, 3.63) is 0 Å². The topological polar surface area (TPSA) is 44.7 Å². The molecule has 2 heterocycles. The molecule has 4 rings (SSSR count). The molecule has 0 unspecified atom stereocenters. The van der Waals surface area contributed by atoms with Crippen molar-refractivity contribution < 1.29 is 4.79 Å². The number of carbonyl (C=O) groups is 1. The third-order valence-corrected chi connectivity index (χ3v) is 6.34. The zero-order valence-corrected chi connectivity index (χ0v) is 13.9. The fraction of sp³-hybridized carbons (Fsp3) is 0.889. The van der Waals surface area contributed by atoms with Crippen LogP contribution in [0.3, 0.4) is 0 Å². The van der Waals surface area contributed by atoms with E-state index in [9.17, 15) is 4.79 Å². The average Bonchev–Trinajstić information content (AvgIpc) is 2.48. The molecule has 4 nitrogen and oxygen atoms in total. The molecule has 2 atom stereocenters. The van der Waals surface area contributed by atoms with Crippen LogP contribution in [-0.2, 0) is 4.79 Å². The summed E-state index contributed by atoms with van der Waals surface area (Å²) in [4.78, 5) is 21.0. The van der Waals surface area contributed by atoms with Gasteiger partial charge in [-0.3, -0.25) is 9.79 Å². The van der Waals surface area contributed by atoms with Gasteiger partial charge in [-0.05, 0) is 51.5 Å². The predicted molar refractivity (Wildman–Crippen MR) is 87.9 cm³/mol. The number of hydrogen-bond donors (Lipinski definition) is 1. The maximum Gasteiger partial charge on any atom is 0.235 e. The van der Waals surface area contributed by atoms with E-state index in [2.05, 4.69) is 17.1 Å². The number of nitrogens with one attached hydrogen (secondary N) is 1. The zero-order chi connectivity index (χ0) is 15.2. The number of carbonyl (C=O) groups excluding carboxylic acids is 1. The van der Waals surface area contributed by atoms with Gasteiger partial charge in [0.25, 0.3) is 0 Å². The second-order valence-electron chi connectivity index (χ2n) is 7.95. The van der Waals surface area contributed by atoms with E-state index in [-0.39, 0.29) is 11.1 Å². The quantitative estimate of drug-likeness (QED) is 0.852. The Bertz CT molecular complexity index is 495. The van der Waals surface area contributed by atoms with Crippen LogP contribution < -0.4 is 5.32 Å². The first-order chi connectivity index (χ1) is 10.7. The molecule has 1 amide bonds. The molecule has 1 saturated heterocycles. The predicted octanol–water partition coefficient (Wildman–Crippen LogP) is 2.73. The fourth-order valence-corrected chi connectivity index (χ4v) is 5.35. The molecule has 2 saturated carbocycles. The summed E-state index contributed by atoms with van der Waals surface area (Å²) in [7, 11) is 0. The number of likely N-dealkylation sites (tertiary alicyclic amines) is 1. The molecule has 4 heteroatoms. The summed E-state index contributed by atoms with van der Waals surface area (Å²) in [5.74, 6) is 0.823. The van der Waals surface area contributed by atoms with E-state index in [1.54, 1.807) is 0 Å². The number of amides is 1. The van der Waals surface area contributed by atoms with Gasteiger partial charge in [0.1, 0.15) is 5.66 Å². The normalized spacial score (nSPS) is 37.4. The SMILES string of the molecule is CCCN1C[C@@H]2CCC[C@]3(C1)C(=O)NC1(CCCCC1)N=C23. The van der Waals surface area contributed by atoms with Crippen LogP contribution >= 0.6 is 0 Å². The summed E-state index contributed by atoms with van der Waals surface area (Å²) < 4.78 is 0. The Kier molecular flexibility index (Phi) is 3.55. The van der Waals surface area contributed by atoms with Crippen molar-refractivity contribution in [3.8, 4) is 0 Å². The summed E-state index contributed by atoms with van der Waals surface area (Å²) in [6.45, 7) is 5.37. The number of piperidine rings is 1. The van der Waals surface area contributed by atoms with Crippen molar-refractivity contribution in [2.75, 3.05) is 19.6 Å². The molecule has 2 bridgehead atoms. The van der Waals surface area contributed by atoms with Crippen molar-refractivity contribution >= 4 is 11.6 Å². The zero-order valence-electron chi connectivity index (χ0n) is 13.9. The van der Waals surface area contributed by atoms with Crippen molar-refractivity contribution in [2.45, 2.75) is 70.4 Å². The molecule has 1 spiro atoms. The molecule has 2 aliphatic heterocycles. The van der Waals surface area contributed by atoms with Gasteiger partial charge < -0.3 is 10.2 Å². The van der Waals surface area contributed by atoms with E-state index < -0.39 is 0 Å². The molecule has 0 aromatic rings. The first kappa shape index (κ1) is 14.7. The summed E-state index contributed by atoms with van der Waals surface area (Å²) >= 11 is 0. The average molecular weight is 303 g/mol. The van der Waals surface area contributed by atoms with Crippen molar-refractivity contribution in [1.29, 1.82) is 0 Å². The van der Waals surface area contributed by atoms with Crippen LogP contribution in [0.5, 0.6) is 0 Å². The Morgan fingerprint density at radius 1 is 1.23 bits per heavy atom. The second-order valence-corrected chi connectivity index (χ2v) is 7.95. The molecule has 1 N–H and O–H groups in total. The first-order valence-electron chi connectivity index (χ1n) is 9.33. The second kappa shape index (κ2) is 5.33. The number of hydrogen-bond acceptors (Lipinski definition) is 3. The maximum atomic E-state index is 13.2. The van der Waals surface area contributed by atoms with Gasteiger partial charge in [0, 0.05) is 24.7 Å². The minimum Gasteiger partial charge on any atom is -0.331 e. The molecular formula is C18H29N3O. The highest BCUT2D eigenvalue weighted by Crippen LogP contribution is 2.47. The van der Waals surface area contributed by atoms with E-state index in [0.717, 1.165) is 38.9 Å². The Hall–Kier alpha value is -0.900. The summed E-state index contributed by atoms with van der Waals surface area (Å²) in [5.41, 5.74) is 0.757. The third kappa shape index (κ3) is 2.14. The Labute approximate surface area is 133 Å². The smallest absolute Gasteiger partial charge is 0.235 e. The van der Waals surface area contributed by atoms with Crippen LogP contribution in [0.2, 0.25) is 0 Å². The van der Waals surface area contributed by atoms with E-state index in [4.69, 9.17) is 4.99 Å². The standard InChI is InChI=1S/C18H29N3O/c1-2-11-21-12-14-7-6-8-17(13-21)15(14)19-18(20-16(17)22)9-4-3-5-10-18/h14H,2-13H2,1H3,(H,20,22)/t14-,17+/m0/s1. The van der Waals surface area contributed by atoms with Gasteiger partial charge in [0.2, 0.25) is 5.91 Å². The van der Waals surface area contributed by atoms with Crippen LogP contribution in [0.25, 0.3) is 0 Å². The van der Waals surface area contributed by atoms with Gasteiger partial charge in [0.05, 0.1) is 5.41 Å². The molecule has 4 aliphatic rings. The van der Waals surface area contributed by atoms with Crippen LogP contribution in [-0.4, -0.2) is 41.8 Å². The van der Waals surface area contributed by atoms with Gasteiger partial charge in [-0.2, -0.15) is 0 Å². The van der Waals surface area contributed by atoms with Crippen molar-refractivity contribution in [1.82, 2.24) is 10.2 Å². The number of rotatable bonds is 2. The van der Waals surface area contributed by atoms with Crippen LogP contribution in [0.1, 0.15) is 64.7 Å². The lowest BCUT2D eigenvalue weighted by Gasteiger charge is -2.54. The van der Waals surface area contributed by atoms with Crippen molar-refractivity contribution in [3.63, 3.8) is 0 Å². The van der Waals surface area contributed by atoms with Gasteiger partial charge in [-0.25, -0.2) is 0 Å². The molecule has 0 aromatic heterocycles. The van der Waals surface area contributed by atoms with Crippen LogP contribution in [0, 0.1) is 11.3 Å². The largest absolute Gasteiger partial charge is 0.331 e. The number of aliphatic imine (C=N–C) groups is 1. The van der Waals surface area contributed by atoms with E-state index in [1.807, 2.05) is 0 Å². The maximum absolute atomic E-state index is 13.2. The molecule has 3 fully saturated rings. The van der Waals surface area contributed by atoms with Crippen molar-refractivity contribution in [2.24, 2.45) is 16.3 Å². The molecule has 122 valence electrons. The Morgan fingerprint density at radius 2 is 2.05 bits per heavy atom. The summed E-state index contributed by atoms with van der Waals surface area (Å²) in [6, 6.07) is 0. The fourth-order valence-electron chi connectivity index (χ4n) is 5.35. The van der Waals surface area contributed by atoms with E-state index >= 15 is 0 Å². The van der Waals surface area contributed by atoms with E-state index in [1.165, 1.54) is 44.2 Å². The molecule has 22 heavy (non-hydrogen) atoms. The monoisotopic (exact) mass is 303 g/mol. The Balaban J connectivity index is 1.71. The molecule has 0 radical (unpaired) electrons. The molecule has 0 aromatic carbocycles. The lowest BCUT2D eigenvalue weighted by atomic mass is 9.62. The number of nitrogens with zero attached hydrogens (tertiary/aromatic N) is 2. The minimum atomic E-state index is -0.293. The summed E-state index contributed by atoms with van der Waals surface area (Å²) in [6.07, 6.45) is 10.4. The Morgan fingerprint density at radius 3 is 2.82 bits per heavy atom. The van der Waals surface area contributed by atoms with Gasteiger partial charge in [0.15, 0.2) is 0 Å². The van der Waals surface area contributed by atoms with Crippen LogP contribution in [0.4, 0.5) is 0 Å². The minimum absolute atomic E-state index is 0.239. The van der Waals surface area contributed by atoms with Gasteiger partial charge >= 0.3 is 0 Å². The van der Waals surface area contributed by atoms with Gasteiger partial charge in [-0.1, -0.05) is 19.8 Å². The highest BCUT2D eigenvalue weighted by molar-refractivity contribution is 6.12. The van der Waals surface area contributed by atoms with Crippen LogP contribution in [0.15, 0.2) is 4.99 Å². The lowest BCUT2D eigenvalue weighted by molar-refractivity contribution is -0.134. The van der Waals surface area contributed by atoms with E-state index in [0.29, 0.717) is 11.8 Å². The third-order valence-electron chi connectivity index (χ3n) is 6.34. The lowest BCUT2D eigenvalue weighted by Crippen LogP contribution is -2.69. The summed E-state index contributed by atoms with van der Waals surface area (Å²) in [5, 5.41) is 3.39. The first-order valence-corrected chi connectivity index (χ1v) is 9.33. The van der Waals surface area contributed by atoms with Gasteiger partial charge in [-0.15, -0.1) is 0 Å². The molecule has 2 aliphatic carbocycles. The molecular weight excluding hydrogens is 274 g/mol. The highest BCUT2D eigenvalue weighted by atomic mass is 16.2.